The van der Waals surface area contributed by atoms with Crippen LogP contribution in [0, 0.1) is 20.8 Å². The maximum absolute atomic E-state index is 12.7. The molecule has 3 rings (SSSR count). The minimum absolute atomic E-state index is 0.0164. The molecule has 1 aliphatic rings. The molecule has 0 aromatic heterocycles. The van der Waals surface area contributed by atoms with Crippen LogP contribution in [0.1, 0.15) is 33.5 Å². The molecule has 0 radical (unpaired) electrons. The van der Waals surface area contributed by atoms with Crippen molar-refractivity contribution in [3.05, 3.63) is 63.7 Å². The Bertz CT molecular complexity index is 872. The van der Waals surface area contributed by atoms with Gasteiger partial charge in [0.1, 0.15) is 5.75 Å². The zero-order valence-electron chi connectivity index (χ0n) is 17.2. The van der Waals surface area contributed by atoms with E-state index in [9.17, 15) is 9.59 Å². The predicted molar refractivity (Wildman–Crippen MR) is 115 cm³/mol. The van der Waals surface area contributed by atoms with Crippen LogP contribution >= 0.6 is 11.6 Å². The van der Waals surface area contributed by atoms with Crippen LogP contribution in [-0.2, 0) is 4.79 Å². The molecule has 1 saturated heterocycles. The highest BCUT2D eigenvalue weighted by Gasteiger charge is 2.23. The van der Waals surface area contributed by atoms with Gasteiger partial charge >= 0.3 is 0 Å². The van der Waals surface area contributed by atoms with Gasteiger partial charge in [0, 0.05) is 36.8 Å². The normalized spacial score (nSPS) is 14.5. The van der Waals surface area contributed by atoms with E-state index in [0.29, 0.717) is 37.5 Å². The molecule has 0 unspecified atom stereocenters. The fourth-order valence-corrected chi connectivity index (χ4v) is 3.58. The first-order chi connectivity index (χ1) is 13.8. The summed E-state index contributed by atoms with van der Waals surface area (Å²) in [5.74, 6) is 0.589. The highest BCUT2D eigenvalue weighted by Crippen LogP contribution is 2.25. The first-order valence-corrected chi connectivity index (χ1v) is 10.3. The molecule has 0 aliphatic carbocycles. The molecule has 0 saturated carbocycles. The van der Waals surface area contributed by atoms with E-state index in [4.69, 9.17) is 16.3 Å². The number of ether oxygens (including phenoxy) is 1. The van der Waals surface area contributed by atoms with Crippen molar-refractivity contribution in [2.75, 3.05) is 32.8 Å². The summed E-state index contributed by atoms with van der Waals surface area (Å²) < 4.78 is 5.70. The second-order valence-corrected chi connectivity index (χ2v) is 7.93. The lowest BCUT2D eigenvalue weighted by molar-refractivity contribution is -0.133. The third kappa shape index (κ3) is 5.30. The van der Waals surface area contributed by atoms with Crippen LogP contribution < -0.4 is 4.74 Å². The number of hydrogen-bond acceptors (Lipinski definition) is 3. The lowest BCUT2D eigenvalue weighted by Gasteiger charge is -2.22. The minimum Gasteiger partial charge on any atom is -0.484 e. The van der Waals surface area contributed by atoms with Gasteiger partial charge in [-0.2, -0.15) is 0 Å². The number of rotatable bonds is 4. The average molecular weight is 415 g/mol. The van der Waals surface area contributed by atoms with Crippen molar-refractivity contribution >= 4 is 23.4 Å². The molecule has 2 aromatic rings. The Balaban J connectivity index is 1.55. The quantitative estimate of drug-likeness (QED) is 0.759. The lowest BCUT2D eigenvalue weighted by atomic mass is 10.1. The van der Waals surface area contributed by atoms with Gasteiger partial charge < -0.3 is 14.5 Å². The number of benzene rings is 2. The second kappa shape index (κ2) is 9.31. The monoisotopic (exact) mass is 414 g/mol. The van der Waals surface area contributed by atoms with E-state index in [1.807, 2.05) is 62.1 Å². The Morgan fingerprint density at radius 2 is 1.52 bits per heavy atom. The van der Waals surface area contributed by atoms with Crippen molar-refractivity contribution in [2.24, 2.45) is 0 Å². The predicted octanol–water partition coefficient (Wildman–Crippen LogP) is 4.02. The minimum atomic E-state index is -0.0695. The number of hydrogen-bond donors (Lipinski definition) is 0. The van der Waals surface area contributed by atoms with E-state index in [-0.39, 0.29) is 18.4 Å². The van der Waals surface area contributed by atoms with Crippen molar-refractivity contribution in [3.63, 3.8) is 0 Å². The number of carbonyl (C=O) groups is 2. The molecule has 0 bridgehead atoms. The van der Waals surface area contributed by atoms with Crippen LogP contribution in [0.5, 0.6) is 5.75 Å². The van der Waals surface area contributed by atoms with Gasteiger partial charge in [-0.05, 0) is 62.6 Å². The number of nitrogens with zero attached hydrogens (tertiary/aromatic N) is 2. The Morgan fingerprint density at radius 3 is 2.17 bits per heavy atom. The highest BCUT2D eigenvalue weighted by molar-refractivity contribution is 6.32. The van der Waals surface area contributed by atoms with Gasteiger partial charge in [-0.15, -0.1) is 0 Å². The zero-order valence-corrected chi connectivity index (χ0v) is 18.0. The molecular weight excluding hydrogens is 388 g/mol. The Labute approximate surface area is 177 Å². The van der Waals surface area contributed by atoms with Crippen LogP contribution in [0.4, 0.5) is 0 Å². The van der Waals surface area contributed by atoms with E-state index < -0.39 is 0 Å². The fraction of sp³-hybridized carbons (Fsp3) is 0.391. The summed E-state index contributed by atoms with van der Waals surface area (Å²) in [5, 5.41) is 0.717. The van der Waals surface area contributed by atoms with E-state index in [0.717, 1.165) is 28.1 Å². The van der Waals surface area contributed by atoms with Crippen molar-refractivity contribution in [1.29, 1.82) is 0 Å². The number of carbonyl (C=O) groups excluding carboxylic acids is 2. The number of halogens is 1. The van der Waals surface area contributed by atoms with Crippen LogP contribution in [0.3, 0.4) is 0 Å². The smallest absolute Gasteiger partial charge is 0.260 e. The van der Waals surface area contributed by atoms with Crippen molar-refractivity contribution < 1.29 is 14.3 Å². The van der Waals surface area contributed by atoms with Gasteiger partial charge in [0.05, 0.1) is 0 Å². The first-order valence-electron chi connectivity index (χ1n) is 9.88. The third-order valence-electron chi connectivity index (χ3n) is 5.21. The Kier molecular flexibility index (Phi) is 6.80. The largest absolute Gasteiger partial charge is 0.484 e. The summed E-state index contributed by atoms with van der Waals surface area (Å²) in [6, 6.07) is 11.3. The van der Waals surface area contributed by atoms with Crippen LogP contribution in [0.25, 0.3) is 0 Å². The molecular formula is C23H27ClN2O3. The lowest BCUT2D eigenvalue weighted by Crippen LogP contribution is -2.39. The second-order valence-electron chi connectivity index (χ2n) is 7.55. The molecule has 0 spiro atoms. The number of amides is 2. The summed E-state index contributed by atoms with van der Waals surface area (Å²) >= 11 is 6.18. The average Bonchev–Trinajstić information content (AvgIpc) is 2.96. The SMILES string of the molecule is Cc1ccc(C(=O)N2CCCN(C(=O)COc3cc(C)c(Cl)c(C)c3)CC2)cc1. The maximum atomic E-state index is 12.7. The molecule has 29 heavy (non-hydrogen) atoms. The highest BCUT2D eigenvalue weighted by atomic mass is 35.5. The van der Waals surface area contributed by atoms with Crippen molar-refractivity contribution in [3.8, 4) is 5.75 Å². The summed E-state index contributed by atoms with van der Waals surface area (Å²) in [4.78, 5) is 28.9. The Hall–Kier alpha value is -2.53. The molecule has 2 aromatic carbocycles. The fourth-order valence-electron chi connectivity index (χ4n) is 3.47. The van der Waals surface area contributed by atoms with E-state index in [1.165, 1.54) is 0 Å². The molecule has 1 fully saturated rings. The van der Waals surface area contributed by atoms with Crippen LogP contribution in [0.15, 0.2) is 36.4 Å². The van der Waals surface area contributed by atoms with Gasteiger partial charge in [-0.1, -0.05) is 29.3 Å². The summed E-state index contributed by atoms with van der Waals surface area (Å²) in [7, 11) is 0. The van der Waals surface area contributed by atoms with E-state index in [2.05, 4.69) is 0 Å². The molecule has 154 valence electrons. The van der Waals surface area contributed by atoms with Crippen LogP contribution in [0.2, 0.25) is 5.02 Å². The molecule has 0 N–H and O–H groups in total. The van der Waals surface area contributed by atoms with Crippen molar-refractivity contribution in [2.45, 2.75) is 27.2 Å². The third-order valence-corrected chi connectivity index (χ3v) is 5.80. The van der Waals surface area contributed by atoms with Gasteiger partial charge in [-0.3, -0.25) is 9.59 Å². The topological polar surface area (TPSA) is 49.9 Å². The molecule has 1 aliphatic heterocycles. The van der Waals surface area contributed by atoms with Crippen LogP contribution in [-0.4, -0.2) is 54.4 Å². The summed E-state index contributed by atoms with van der Waals surface area (Å²) in [6.07, 6.45) is 0.752. The molecule has 1 heterocycles. The molecule has 2 amide bonds. The molecule has 5 nitrogen and oxygen atoms in total. The van der Waals surface area contributed by atoms with Crippen molar-refractivity contribution in [1.82, 2.24) is 9.80 Å². The van der Waals surface area contributed by atoms with E-state index in [1.54, 1.807) is 4.90 Å². The maximum Gasteiger partial charge on any atom is 0.260 e. The van der Waals surface area contributed by atoms with Gasteiger partial charge in [-0.25, -0.2) is 0 Å². The van der Waals surface area contributed by atoms with Gasteiger partial charge in [0.15, 0.2) is 6.61 Å². The van der Waals surface area contributed by atoms with Gasteiger partial charge in [0.25, 0.3) is 11.8 Å². The Morgan fingerprint density at radius 1 is 0.931 bits per heavy atom. The number of aryl methyl sites for hydroxylation is 3. The first kappa shape index (κ1) is 21.2. The summed E-state index contributed by atoms with van der Waals surface area (Å²) in [5.41, 5.74) is 3.66. The van der Waals surface area contributed by atoms with E-state index >= 15 is 0 Å². The zero-order chi connectivity index (χ0) is 21.0. The standard InChI is InChI=1S/C23H27ClN2O3/c1-16-5-7-19(8-6-16)23(28)26-10-4-9-25(11-12-26)21(27)15-29-20-13-17(2)22(24)18(3)14-20/h5-8,13-14H,4,9-12,15H2,1-3H3. The van der Waals surface area contributed by atoms with Gasteiger partial charge in [0.2, 0.25) is 0 Å². The summed E-state index contributed by atoms with van der Waals surface area (Å²) in [6.45, 7) is 8.11. The molecule has 0 atom stereocenters. The molecule has 6 heteroatoms.